The third kappa shape index (κ3) is 4.46. The van der Waals surface area contributed by atoms with Gasteiger partial charge in [-0.05, 0) is 33.8 Å². The Morgan fingerprint density at radius 3 is 2.56 bits per heavy atom. The van der Waals surface area contributed by atoms with Crippen LogP contribution in [0.25, 0.3) is 0 Å². The molecular formula is C17H23N3O5. The van der Waals surface area contributed by atoms with Gasteiger partial charge in [0.2, 0.25) is 0 Å². The zero-order chi connectivity index (χ0) is 18.8. The number of nitrogens with zero attached hydrogens (tertiary/aromatic N) is 3. The Morgan fingerprint density at radius 1 is 1.36 bits per heavy atom. The maximum atomic E-state index is 12.2. The highest BCUT2D eigenvalue weighted by Gasteiger charge is 2.31. The quantitative estimate of drug-likeness (QED) is 0.473. The van der Waals surface area contributed by atoms with Crippen LogP contribution in [0.15, 0.2) is 18.2 Å². The zero-order valence-electron chi connectivity index (χ0n) is 14.9. The van der Waals surface area contributed by atoms with Crippen LogP contribution in [0.4, 0.5) is 16.2 Å². The minimum absolute atomic E-state index is 0.0542. The van der Waals surface area contributed by atoms with E-state index in [0.717, 1.165) is 0 Å². The number of piperazine rings is 1. The second-order valence-corrected chi connectivity index (χ2v) is 7.09. The molecule has 2 rings (SSSR count). The third-order valence-electron chi connectivity index (χ3n) is 3.94. The molecule has 25 heavy (non-hydrogen) atoms. The molecule has 1 atom stereocenters. The molecule has 8 nitrogen and oxygen atoms in total. The number of aldehydes is 1. The van der Waals surface area contributed by atoms with Crippen molar-refractivity contribution < 1.29 is 19.2 Å². The normalized spacial score (nSPS) is 18.0. The average Bonchev–Trinajstić information content (AvgIpc) is 2.52. The number of nitro benzene ring substituents is 1. The van der Waals surface area contributed by atoms with E-state index < -0.39 is 10.5 Å². The molecule has 0 aliphatic carbocycles. The Labute approximate surface area is 146 Å². The van der Waals surface area contributed by atoms with E-state index in [1.54, 1.807) is 11.0 Å². The summed E-state index contributed by atoms with van der Waals surface area (Å²) in [7, 11) is 0. The summed E-state index contributed by atoms with van der Waals surface area (Å²) < 4.78 is 5.39. The number of hydrogen-bond acceptors (Lipinski definition) is 6. The molecule has 1 aromatic carbocycles. The fraction of sp³-hybridized carbons (Fsp3) is 0.529. The van der Waals surface area contributed by atoms with Gasteiger partial charge < -0.3 is 14.5 Å². The molecule has 0 spiro atoms. The standard InChI is InChI=1S/C17H23N3O5/c1-12-10-18(16(22)25-17(2,3)4)7-8-19(12)15-6-5-14(20(23)24)9-13(15)11-21/h5-6,9,11-12H,7-8,10H2,1-4H3. The van der Waals surface area contributed by atoms with E-state index in [1.165, 1.54) is 12.1 Å². The number of rotatable bonds is 3. The van der Waals surface area contributed by atoms with Crippen molar-refractivity contribution in [2.24, 2.45) is 0 Å². The molecule has 0 aromatic heterocycles. The van der Waals surface area contributed by atoms with Crippen molar-refractivity contribution in [2.45, 2.75) is 39.3 Å². The first kappa shape index (κ1) is 18.7. The monoisotopic (exact) mass is 349 g/mol. The van der Waals surface area contributed by atoms with Crippen molar-refractivity contribution in [1.29, 1.82) is 0 Å². The van der Waals surface area contributed by atoms with E-state index in [4.69, 9.17) is 4.74 Å². The topological polar surface area (TPSA) is 93.0 Å². The Hall–Kier alpha value is -2.64. The van der Waals surface area contributed by atoms with E-state index >= 15 is 0 Å². The van der Waals surface area contributed by atoms with E-state index in [-0.39, 0.29) is 23.4 Å². The lowest BCUT2D eigenvalue weighted by molar-refractivity contribution is -0.384. The maximum Gasteiger partial charge on any atom is 0.410 e. The number of ether oxygens (including phenoxy) is 1. The van der Waals surface area contributed by atoms with E-state index in [2.05, 4.69) is 0 Å². The number of hydrogen-bond donors (Lipinski definition) is 0. The molecule has 0 saturated carbocycles. The van der Waals surface area contributed by atoms with Gasteiger partial charge in [0.05, 0.1) is 4.92 Å². The first-order valence-electron chi connectivity index (χ1n) is 8.10. The van der Waals surface area contributed by atoms with Crippen LogP contribution >= 0.6 is 0 Å². The Balaban J connectivity index is 2.15. The average molecular weight is 349 g/mol. The molecule has 1 heterocycles. The van der Waals surface area contributed by atoms with Crippen molar-refractivity contribution in [3.05, 3.63) is 33.9 Å². The maximum absolute atomic E-state index is 12.2. The lowest BCUT2D eigenvalue weighted by Gasteiger charge is -2.41. The molecule has 1 aromatic rings. The van der Waals surface area contributed by atoms with Crippen LogP contribution in [0.3, 0.4) is 0 Å². The van der Waals surface area contributed by atoms with Crippen LogP contribution < -0.4 is 4.90 Å². The Kier molecular flexibility index (Phi) is 5.30. The van der Waals surface area contributed by atoms with Gasteiger partial charge in [0.1, 0.15) is 5.60 Å². The van der Waals surface area contributed by atoms with Crippen LogP contribution in [-0.4, -0.2) is 53.5 Å². The van der Waals surface area contributed by atoms with Crippen molar-refractivity contribution in [2.75, 3.05) is 24.5 Å². The second-order valence-electron chi connectivity index (χ2n) is 7.09. The first-order chi connectivity index (χ1) is 11.6. The van der Waals surface area contributed by atoms with Gasteiger partial charge in [-0.3, -0.25) is 14.9 Å². The number of anilines is 1. The van der Waals surface area contributed by atoms with Crippen molar-refractivity contribution in [1.82, 2.24) is 4.90 Å². The highest BCUT2D eigenvalue weighted by Crippen LogP contribution is 2.28. The van der Waals surface area contributed by atoms with Gasteiger partial charge in [-0.25, -0.2) is 4.79 Å². The van der Waals surface area contributed by atoms with Crippen LogP contribution in [0, 0.1) is 10.1 Å². The van der Waals surface area contributed by atoms with Crippen LogP contribution in [-0.2, 0) is 4.74 Å². The first-order valence-corrected chi connectivity index (χ1v) is 8.10. The fourth-order valence-electron chi connectivity index (χ4n) is 2.82. The molecule has 0 radical (unpaired) electrons. The SMILES string of the molecule is CC1CN(C(=O)OC(C)(C)C)CCN1c1ccc([N+](=O)[O-])cc1C=O. The third-order valence-corrected chi connectivity index (χ3v) is 3.94. The molecule has 1 fully saturated rings. The summed E-state index contributed by atoms with van der Waals surface area (Å²) in [6, 6.07) is 4.19. The number of non-ortho nitro benzene ring substituents is 1. The lowest BCUT2D eigenvalue weighted by atomic mass is 10.1. The van der Waals surface area contributed by atoms with E-state index in [9.17, 15) is 19.7 Å². The smallest absolute Gasteiger partial charge is 0.410 e. The highest BCUT2D eigenvalue weighted by atomic mass is 16.6. The van der Waals surface area contributed by atoms with Crippen LogP contribution in [0.2, 0.25) is 0 Å². The zero-order valence-corrected chi connectivity index (χ0v) is 14.9. The van der Waals surface area contributed by atoms with Gasteiger partial charge in [0.15, 0.2) is 6.29 Å². The summed E-state index contributed by atoms with van der Waals surface area (Å²) in [6.07, 6.45) is 0.258. The van der Waals surface area contributed by atoms with Crippen LogP contribution in [0.5, 0.6) is 0 Å². The molecule has 136 valence electrons. The van der Waals surface area contributed by atoms with Gasteiger partial charge in [-0.2, -0.15) is 0 Å². The molecule has 1 aliphatic rings. The minimum Gasteiger partial charge on any atom is -0.444 e. The summed E-state index contributed by atoms with van der Waals surface area (Å²) in [4.78, 5) is 37.5. The summed E-state index contributed by atoms with van der Waals surface area (Å²) in [5.41, 5.74) is 0.232. The molecular weight excluding hydrogens is 326 g/mol. The predicted octanol–water partition coefficient (Wildman–Crippen LogP) is 2.85. The predicted molar refractivity (Wildman–Crippen MR) is 93.1 cm³/mol. The molecule has 1 amide bonds. The number of carbonyl (C=O) groups excluding carboxylic acids is 2. The van der Waals surface area contributed by atoms with Crippen molar-refractivity contribution in [3.63, 3.8) is 0 Å². The van der Waals surface area contributed by atoms with Gasteiger partial charge in [0, 0.05) is 49.1 Å². The van der Waals surface area contributed by atoms with Crippen molar-refractivity contribution >= 4 is 23.8 Å². The summed E-state index contributed by atoms with van der Waals surface area (Å²) in [5.74, 6) is 0. The number of amides is 1. The minimum atomic E-state index is -0.555. The van der Waals surface area contributed by atoms with Gasteiger partial charge in [-0.1, -0.05) is 0 Å². The largest absolute Gasteiger partial charge is 0.444 e. The van der Waals surface area contributed by atoms with Crippen molar-refractivity contribution in [3.8, 4) is 0 Å². The molecule has 8 heteroatoms. The molecule has 0 N–H and O–H groups in total. The van der Waals surface area contributed by atoms with E-state index in [1.807, 2.05) is 32.6 Å². The molecule has 0 bridgehead atoms. The van der Waals surface area contributed by atoms with Gasteiger partial charge >= 0.3 is 6.09 Å². The molecule has 1 aliphatic heterocycles. The van der Waals surface area contributed by atoms with Gasteiger partial charge in [0.25, 0.3) is 5.69 Å². The Morgan fingerprint density at radius 2 is 2.04 bits per heavy atom. The molecule has 1 unspecified atom stereocenters. The number of carbonyl (C=O) groups is 2. The van der Waals surface area contributed by atoms with Gasteiger partial charge in [-0.15, -0.1) is 0 Å². The van der Waals surface area contributed by atoms with E-state index in [0.29, 0.717) is 31.6 Å². The summed E-state index contributed by atoms with van der Waals surface area (Å²) >= 11 is 0. The number of nitro groups is 1. The second kappa shape index (κ2) is 7.08. The lowest BCUT2D eigenvalue weighted by Crippen LogP contribution is -2.54. The summed E-state index contributed by atoms with van der Waals surface area (Å²) in [5, 5.41) is 10.9. The highest BCUT2D eigenvalue weighted by molar-refractivity contribution is 5.86. The fourth-order valence-corrected chi connectivity index (χ4v) is 2.82. The van der Waals surface area contributed by atoms with Crippen LogP contribution in [0.1, 0.15) is 38.1 Å². The summed E-state index contributed by atoms with van der Waals surface area (Å²) in [6.45, 7) is 8.80. The molecule has 1 saturated heterocycles. The Bertz CT molecular complexity index is 683. The number of benzene rings is 1.